The molecule has 1 unspecified atom stereocenters. The molecular weight excluding hydrogens is 296 g/mol. The van der Waals surface area contributed by atoms with Crippen molar-refractivity contribution in [2.45, 2.75) is 32.9 Å². The van der Waals surface area contributed by atoms with Gasteiger partial charge in [-0.2, -0.15) is 5.10 Å². The molecule has 0 amide bonds. The van der Waals surface area contributed by atoms with Crippen molar-refractivity contribution in [2.24, 2.45) is 7.05 Å². The Bertz CT molecular complexity index is 546. The highest BCUT2D eigenvalue weighted by atomic mass is 79.9. The summed E-state index contributed by atoms with van der Waals surface area (Å²) in [5, 5.41) is 14.7. The molecule has 18 heavy (non-hydrogen) atoms. The Morgan fingerprint density at radius 1 is 1.50 bits per heavy atom. The van der Waals surface area contributed by atoms with Crippen LogP contribution >= 0.6 is 15.9 Å². The maximum atomic E-state index is 10.3. The minimum Gasteiger partial charge on any atom is -0.385 e. The van der Waals surface area contributed by atoms with Gasteiger partial charge >= 0.3 is 0 Å². The van der Waals surface area contributed by atoms with Gasteiger partial charge in [-0.1, -0.05) is 0 Å². The van der Waals surface area contributed by atoms with E-state index in [2.05, 4.69) is 26.0 Å². The highest BCUT2D eigenvalue weighted by molar-refractivity contribution is 9.10. The van der Waals surface area contributed by atoms with Crippen molar-refractivity contribution in [3.63, 3.8) is 0 Å². The lowest BCUT2D eigenvalue weighted by Crippen LogP contribution is -2.12. The van der Waals surface area contributed by atoms with E-state index in [1.807, 2.05) is 36.3 Å². The molecule has 2 heterocycles. The molecule has 2 aromatic rings. The summed E-state index contributed by atoms with van der Waals surface area (Å²) in [6.45, 7) is 4.78. The molecule has 0 aliphatic rings. The Morgan fingerprint density at radius 3 is 2.78 bits per heavy atom. The van der Waals surface area contributed by atoms with Crippen molar-refractivity contribution in [3.8, 4) is 0 Å². The van der Waals surface area contributed by atoms with Crippen LogP contribution in [0.4, 0.5) is 0 Å². The van der Waals surface area contributed by atoms with Crippen LogP contribution in [-0.4, -0.2) is 24.4 Å². The molecule has 1 atom stereocenters. The Balaban J connectivity index is 2.27. The number of rotatable bonds is 4. The summed E-state index contributed by atoms with van der Waals surface area (Å²) < 4.78 is 4.71. The second kappa shape index (κ2) is 5.24. The molecule has 98 valence electrons. The zero-order valence-corrected chi connectivity index (χ0v) is 12.3. The Hall–Kier alpha value is -1.14. The van der Waals surface area contributed by atoms with E-state index < -0.39 is 6.10 Å². The van der Waals surface area contributed by atoms with Crippen LogP contribution in [0.5, 0.6) is 0 Å². The lowest BCUT2D eigenvalue weighted by Gasteiger charge is -2.12. The average molecular weight is 313 g/mol. The first-order valence-electron chi connectivity index (χ1n) is 5.91. The van der Waals surface area contributed by atoms with Crippen LogP contribution in [0.2, 0.25) is 0 Å². The van der Waals surface area contributed by atoms with E-state index in [4.69, 9.17) is 0 Å². The maximum absolute atomic E-state index is 10.3. The number of aryl methyl sites for hydroxylation is 3. The summed E-state index contributed by atoms with van der Waals surface area (Å²) in [6.07, 6.45) is 3.40. The molecule has 0 aliphatic carbocycles. The van der Waals surface area contributed by atoms with Crippen molar-refractivity contribution < 1.29 is 5.11 Å². The smallest absolute Gasteiger partial charge is 0.137 e. The van der Waals surface area contributed by atoms with E-state index in [0.29, 0.717) is 12.2 Å². The zero-order chi connectivity index (χ0) is 13.3. The minimum absolute atomic E-state index is 0.500. The lowest BCUT2D eigenvalue weighted by molar-refractivity contribution is 0.162. The van der Waals surface area contributed by atoms with E-state index in [1.54, 1.807) is 6.20 Å². The number of hydrogen-bond acceptors (Lipinski definition) is 3. The number of nitrogens with zero attached hydrogens (tertiary/aromatic N) is 4. The third kappa shape index (κ3) is 2.35. The predicted octanol–water partition coefficient (Wildman–Crippen LogP) is 1.98. The third-order valence-corrected chi connectivity index (χ3v) is 4.03. The van der Waals surface area contributed by atoms with E-state index >= 15 is 0 Å². The van der Waals surface area contributed by atoms with Gasteiger partial charge in [-0.3, -0.25) is 4.68 Å². The van der Waals surface area contributed by atoms with Gasteiger partial charge in [0.25, 0.3) is 0 Å². The lowest BCUT2D eigenvalue weighted by atomic mass is 10.1. The number of aliphatic hydroxyl groups is 1. The molecule has 0 bridgehead atoms. The number of imidazole rings is 1. The van der Waals surface area contributed by atoms with E-state index in [1.165, 1.54) is 0 Å². The van der Waals surface area contributed by atoms with Gasteiger partial charge in [0.1, 0.15) is 11.9 Å². The van der Waals surface area contributed by atoms with Gasteiger partial charge in [0, 0.05) is 32.4 Å². The largest absolute Gasteiger partial charge is 0.385 e. The fourth-order valence-corrected chi connectivity index (χ4v) is 2.48. The molecule has 0 fully saturated rings. The zero-order valence-electron chi connectivity index (χ0n) is 10.8. The van der Waals surface area contributed by atoms with Crippen LogP contribution in [-0.2, 0) is 20.0 Å². The predicted molar refractivity (Wildman–Crippen MR) is 72.2 cm³/mol. The molecule has 0 aromatic carbocycles. The SMILES string of the molecule is CCn1nc(C)c(Br)c1CC(O)c1nccn1C. The molecular formula is C12H17BrN4O. The van der Waals surface area contributed by atoms with Crippen LogP contribution in [0.1, 0.15) is 30.2 Å². The molecule has 0 saturated carbocycles. The van der Waals surface area contributed by atoms with Crippen LogP contribution < -0.4 is 0 Å². The maximum Gasteiger partial charge on any atom is 0.137 e. The third-order valence-electron chi connectivity index (χ3n) is 3.00. The molecule has 0 saturated heterocycles. The number of hydrogen-bond donors (Lipinski definition) is 1. The van der Waals surface area contributed by atoms with Gasteiger partial charge in [-0.25, -0.2) is 4.98 Å². The topological polar surface area (TPSA) is 55.9 Å². The van der Waals surface area contributed by atoms with Gasteiger partial charge in [-0.15, -0.1) is 0 Å². The van der Waals surface area contributed by atoms with Crippen molar-refractivity contribution in [2.75, 3.05) is 0 Å². The first kappa shape index (κ1) is 13.3. The summed E-state index contributed by atoms with van der Waals surface area (Å²) in [4.78, 5) is 4.17. The number of aliphatic hydroxyl groups excluding tert-OH is 1. The first-order chi connectivity index (χ1) is 8.54. The van der Waals surface area contributed by atoms with Gasteiger partial charge in [-0.05, 0) is 29.8 Å². The van der Waals surface area contributed by atoms with Crippen LogP contribution in [0.25, 0.3) is 0 Å². The van der Waals surface area contributed by atoms with E-state index in [-0.39, 0.29) is 0 Å². The minimum atomic E-state index is -0.623. The second-order valence-corrected chi connectivity index (χ2v) is 5.07. The molecule has 0 radical (unpaired) electrons. The molecule has 0 spiro atoms. The molecule has 5 nitrogen and oxygen atoms in total. The molecule has 6 heteroatoms. The van der Waals surface area contributed by atoms with Crippen molar-refractivity contribution in [1.82, 2.24) is 19.3 Å². The summed E-state index contributed by atoms with van der Waals surface area (Å²) in [5.74, 6) is 0.670. The molecule has 2 aromatic heterocycles. The van der Waals surface area contributed by atoms with Crippen LogP contribution in [0, 0.1) is 6.92 Å². The fraction of sp³-hybridized carbons (Fsp3) is 0.500. The Morgan fingerprint density at radius 2 is 2.22 bits per heavy atom. The Labute approximate surface area is 115 Å². The van der Waals surface area contributed by atoms with Gasteiger partial charge < -0.3 is 9.67 Å². The summed E-state index contributed by atoms with van der Waals surface area (Å²) in [7, 11) is 1.88. The van der Waals surface area contributed by atoms with Crippen molar-refractivity contribution in [3.05, 3.63) is 34.1 Å². The Kier molecular flexibility index (Phi) is 3.87. The highest BCUT2D eigenvalue weighted by Crippen LogP contribution is 2.25. The van der Waals surface area contributed by atoms with Crippen molar-refractivity contribution in [1.29, 1.82) is 0 Å². The normalized spacial score (nSPS) is 12.9. The second-order valence-electron chi connectivity index (χ2n) is 4.28. The van der Waals surface area contributed by atoms with Crippen molar-refractivity contribution >= 4 is 15.9 Å². The van der Waals surface area contributed by atoms with Crippen LogP contribution in [0.3, 0.4) is 0 Å². The quantitative estimate of drug-likeness (QED) is 0.939. The first-order valence-corrected chi connectivity index (χ1v) is 6.71. The summed E-state index contributed by atoms with van der Waals surface area (Å²) in [5.41, 5.74) is 1.95. The van der Waals surface area contributed by atoms with Gasteiger partial charge in [0.05, 0.1) is 15.9 Å². The van der Waals surface area contributed by atoms with E-state index in [9.17, 15) is 5.11 Å². The highest BCUT2D eigenvalue weighted by Gasteiger charge is 2.19. The van der Waals surface area contributed by atoms with Gasteiger partial charge in [0.2, 0.25) is 0 Å². The standard InChI is InChI=1S/C12H17BrN4O/c1-4-17-9(11(13)8(2)15-17)7-10(18)12-14-5-6-16(12)3/h5-6,10,18H,4,7H2,1-3H3. The molecule has 0 aliphatic heterocycles. The fourth-order valence-electron chi connectivity index (χ4n) is 2.04. The summed E-state index contributed by atoms with van der Waals surface area (Å²) in [6, 6.07) is 0. The van der Waals surface area contributed by atoms with Gasteiger partial charge in [0.15, 0.2) is 0 Å². The van der Waals surface area contributed by atoms with Crippen LogP contribution in [0.15, 0.2) is 16.9 Å². The molecule has 1 N–H and O–H groups in total. The monoisotopic (exact) mass is 312 g/mol. The van der Waals surface area contributed by atoms with E-state index in [0.717, 1.165) is 22.4 Å². The summed E-state index contributed by atoms with van der Waals surface area (Å²) >= 11 is 3.53. The molecule has 2 rings (SSSR count). The average Bonchev–Trinajstić information content (AvgIpc) is 2.87. The number of halogens is 1. The number of aromatic nitrogens is 4.